The fraction of sp³-hybridized carbons (Fsp3) is 0.458. The van der Waals surface area contributed by atoms with Gasteiger partial charge in [-0.15, -0.1) is 0 Å². The van der Waals surface area contributed by atoms with Crippen LogP contribution in [0.15, 0.2) is 41.3 Å². The van der Waals surface area contributed by atoms with Crippen molar-refractivity contribution in [2.45, 2.75) is 44.1 Å². The van der Waals surface area contributed by atoms with Gasteiger partial charge >= 0.3 is 0 Å². The van der Waals surface area contributed by atoms with Crippen LogP contribution in [0.4, 0.5) is 0 Å². The quantitative estimate of drug-likeness (QED) is 0.528. The molecule has 0 unspecified atom stereocenters. The van der Waals surface area contributed by atoms with Crippen molar-refractivity contribution in [1.29, 1.82) is 0 Å². The largest absolute Gasteiger partial charge is 0.486 e. The number of nitrogens with zero attached hydrogens (tertiary/aromatic N) is 3. The fourth-order valence-corrected chi connectivity index (χ4v) is 4.37. The van der Waals surface area contributed by atoms with Crippen molar-refractivity contribution in [2.75, 3.05) is 26.9 Å². The van der Waals surface area contributed by atoms with E-state index in [2.05, 4.69) is 15.3 Å². The van der Waals surface area contributed by atoms with E-state index < -0.39 is 0 Å². The first kappa shape index (κ1) is 22.6. The van der Waals surface area contributed by atoms with Gasteiger partial charge in [0.2, 0.25) is 5.88 Å². The van der Waals surface area contributed by atoms with Gasteiger partial charge in [0.15, 0.2) is 11.5 Å². The number of fused-ring (bicyclic) bond motifs is 2. The van der Waals surface area contributed by atoms with Gasteiger partial charge in [0.05, 0.1) is 31.7 Å². The highest BCUT2D eigenvalue weighted by Crippen LogP contribution is 2.29. The van der Waals surface area contributed by atoms with Crippen LogP contribution in [-0.4, -0.2) is 59.7 Å². The summed E-state index contributed by atoms with van der Waals surface area (Å²) in [6.07, 6.45) is 3.28. The molecule has 0 spiro atoms. The van der Waals surface area contributed by atoms with E-state index in [9.17, 15) is 4.79 Å². The van der Waals surface area contributed by atoms with Crippen LogP contribution in [0, 0.1) is 0 Å². The minimum Gasteiger partial charge on any atom is -0.486 e. The Morgan fingerprint density at radius 1 is 1.21 bits per heavy atom. The number of methoxy groups -OCH3 is 1. The minimum absolute atomic E-state index is 0.141. The molecule has 180 valence electrons. The average Bonchev–Trinajstić information content (AvgIpc) is 2.89. The van der Waals surface area contributed by atoms with E-state index in [0.29, 0.717) is 50.2 Å². The van der Waals surface area contributed by atoms with Crippen molar-refractivity contribution in [2.24, 2.45) is 5.73 Å². The molecule has 5 heterocycles. The summed E-state index contributed by atoms with van der Waals surface area (Å²) in [7, 11) is 1.55. The zero-order valence-corrected chi connectivity index (χ0v) is 19.1. The van der Waals surface area contributed by atoms with Crippen LogP contribution in [0.2, 0.25) is 0 Å². The van der Waals surface area contributed by atoms with Crippen LogP contribution in [0.5, 0.6) is 17.4 Å². The maximum atomic E-state index is 12.6. The normalized spacial score (nSPS) is 20.8. The molecular formula is C24H29N5O5. The molecule has 1 fully saturated rings. The molecule has 3 N–H and O–H groups in total. The number of aromatic nitrogens is 3. The van der Waals surface area contributed by atoms with E-state index in [0.717, 1.165) is 29.7 Å². The summed E-state index contributed by atoms with van der Waals surface area (Å²) in [5.74, 6) is 1.88. The zero-order chi connectivity index (χ0) is 23.5. The Morgan fingerprint density at radius 2 is 2.03 bits per heavy atom. The number of hydrogen-bond acceptors (Lipinski definition) is 9. The lowest BCUT2D eigenvalue weighted by Gasteiger charge is -2.33. The maximum Gasteiger partial charge on any atom is 0.252 e. The topological polar surface area (TPSA) is 123 Å². The second kappa shape index (κ2) is 9.96. The highest BCUT2D eigenvalue weighted by Gasteiger charge is 2.27. The first-order chi connectivity index (χ1) is 16.6. The molecule has 0 aromatic carbocycles. The molecule has 2 aliphatic heterocycles. The SMILES string of the molecule is COc1ccc2ccc(=O)n(C[C@H](N)[C@@H]3CC[C@@H](NCc4cc5c(cn4)OCCO5)CO3)c2n1. The number of rotatable bonds is 7. The summed E-state index contributed by atoms with van der Waals surface area (Å²) in [6, 6.07) is 8.73. The molecule has 0 saturated carbocycles. The molecule has 0 aliphatic carbocycles. The van der Waals surface area contributed by atoms with Gasteiger partial charge in [0, 0.05) is 48.8 Å². The number of pyridine rings is 3. The highest BCUT2D eigenvalue weighted by atomic mass is 16.6. The zero-order valence-electron chi connectivity index (χ0n) is 19.1. The van der Waals surface area contributed by atoms with Crippen molar-refractivity contribution in [3.05, 3.63) is 52.6 Å². The lowest BCUT2D eigenvalue weighted by molar-refractivity contribution is -0.0195. The van der Waals surface area contributed by atoms with Crippen LogP contribution in [-0.2, 0) is 17.8 Å². The smallest absolute Gasteiger partial charge is 0.252 e. The van der Waals surface area contributed by atoms with Crippen molar-refractivity contribution in [3.63, 3.8) is 0 Å². The second-order valence-electron chi connectivity index (χ2n) is 8.56. The van der Waals surface area contributed by atoms with Gasteiger partial charge in [-0.25, -0.2) is 0 Å². The van der Waals surface area contributed by atoms with E-state index in [1.165, 1.54) is 6.07 Å². The second-order valence-corrected chi connectivity index (χ2v) is 8.56. The molecule has 34 heavy (non-hydrogen) atoms. The summed E-state index contributed by atoms with van der Waals surface area (Å²) in [6.45, 7) is 2.57. The monoisotopic (exact) mass is 467 g/mol. The predicted molar refractivity (Wildman–Crippen MR) is 125 cm³/mol. The lowest BCUT2D eigenvalue weighted by atomic mass is 9.99. The molecule has 10 heteroatoms. The molecule has 3 atom stereocenters. The molecule has 0 amide bonds. The lowest BCUT2D eigenvalue weighted by Crippen LogP contribution is -2.48. The summed E-state index contributed by atoms with van der Waals surface area (Å²) in [5.41, 5.74) is 7.79. The summed E-state index contributed by atoms with van der Waals surface area (Å²) in [5, 5.41) is 4.35. The molecule has 0 bridgehead atoms. The van der Waals surface area contributed by atoms with E-state index in [4.69, 9.17) is 24.7 Å². The van der Waals surface area contributed by atoms with E-state index in [1.54, 1.807) is 30.0 Å². The summed E-state index contributed by atoms with van der Waals surface area (Å²) < 4.78 is 24.1. The van der Waals surface area contributed by atoms with Crippen molar-refractivity contribution in [3.8, 4) is 17.4 Å². The molecule has 2 aliphatic rings. The third-order valence-corrected chi connectivity index (χ3v) is 6.26. The Labute approximate surface area is 197 Å². The van der Waals surface area contributed by atoms with Gasteiger partial charge in [-0.1, -0.05) is 0 Å². The molecule has 1 saturated heterocycles. The first-order valence-electron chi connectivity index (χ1n) is 11.5. The van der Waals surface area contributed by atoms with Gasteiger partial charge in [0.25, 0.3) is 5.56 Å². The average molecular weight is 468 g/mol. The number of nitrogens with two attached hydrogens (primary N) is 1. The minimum atomic E-state index is -0.336. The third kappa shape index (κ3) is 4.84. The Balaban J connectivity index is 1.17. The molecule has 10 nitrogen and oxygen atoms in total. The molecule has 5 rings (SSSR count). The number of nitrogens with one attached hydrogen (secondary N) is 1. The van der Waals surface area contributed by atoms with E-state index in [-0.39, 0.29) is 23.7 Å². The third-order valence-electron chi connectivity index (χ3n) is 6.26. The summed E-state index contributed by atoms with van der Waals surface area (Å²) >= 11 is 0. The van der Waals surface area contributed by atoms with E-state index >= 15 is 0 Å². The van der Waals surface area contributed by atoms with Gasteiger partial charge in [-0.2, -0.15) is 4.98 Å². The van der Waals surface area contributed by atoms with Crippen LogP contribution < -0.4 is 30.8 Å². The van der Waals surface area contributed by atoms with Crippen LogP contribution in [0.3, 0.4) is 0 Å². The summed E-state index contributed by atoms with van der Waals surface area (Å²) in [4.78, 5) is 21.5. The standard InChI is InChI=1S/C24H29N5O5/c1-31-22-6-2-15-3-7-23(30)29(24(15)28-22)13-18(25)19-5-4-16(14-34-19)26-11-17-10-20-21(12-27-17)33-9-8-32-20/h2-3,6-7,10,12,16,18-19,26H,4-5,8-9,11,13-14,25H2,1H3/t16-,18+,19+/m1/s1. The maximum absolute atomic E-state index is 12.6. The Bertz CT molecular complexity index is 1210. The molecular weight excluding hydrogens is 438 g/mol. The van der Waals surface area contributed by atoms with Gasteiger partial charge in [-0.05, 0) is 25.0 Å². The first-order valence-corrected chi connectivity index (χ1v) is 11.5. The Hall–Kier alpha value is -3.21. The Morgan fingerprint density at radius 3 is 2.82 bits per heavy atom. The van der Waals surface area contributed by atoms with Crippen molar-refractivity contribution < 1.29 is 18.9 Å². The van der Waals surface area contributed by atoms with E-state index in [1.807, 2.05) is 12.1 Å². The Kier molecular flexibility index (Phi) is 6.61. The molecule has 3 aromatic heterocycles. The number of hydrogen-bond donors (Lipinski definition) is 2. The highest BCUT2D eigenvalue weighted by molar-refractivity contribution is 5.75. The van der Waals surface area contributed by atoms with Crippen molar-refractivity contribution in [1.82, 2.24) is 19.9 Å². The predicted octanol–water partition coefficient (Wildman–Crippen LogP) is 1.24. The van der Waals surface area contributed by atoms with Crippen LogP contribution in [0.1, 0.15) is 18.5 Å². The molecule has 0 radical (unpaired) electrons. The van der Waals surface area contributed by atoms with Gasteiger partial charge < -0.3 is 30.0 Å². The fourth-order valence-electron chi connectivity index (χ4n) is 4.37. The van der Waals surface area contributed by atoms with Gasteiger partial charge in [0.1, 0.15) is 18.9 Å². The van der Waals surface area contributed by atoms with Crippen LogP contribution >= 0.6 is 0 Å². The number of ether oxygens (including phenoxy) is 4. The van der Waals surface area contributed by atoms with Gasteiger partial charge in [-0.3, -0.25) is 14.3 Å². The molecule has 3 aromatic rings. The van der Waals surface area contributed by atoms with Crippen molar-refractivity contribution >= 4 is 11.0 Å². The van der Waals surface area contributed by atoms with Crippen LogP contribution in [0.25, 0.3) is 11.0 Å².